The minimum Gasteiger partial charge on any atom is -0.497 e. The Labute approximate surface area is 191 Å². The number of methoxy groups -OCH3 is 2. The summed E-state index contributed by atoms with van der Waals surface area (Å²) in [5, 5.41) is 1.02. The molecular weight excluding hydrogens is 420 g/mol. The van der Waals surface area contributed by atoms with Crippen molar-refractivity contribution in [3.63, 3.8) is 0 Å². The Bertz CT molecular complexity index is 1040. The first kappa shape index (κ1) is 23.7. The fourth-order valence-electron chi connectivity index (χ4n) is 3.26. The van der Waals surface area contributed by atoms with Crippen molar-refractivity contribution in [3.8, 4) is 11.5 Å². The van der Waals surface area contributed by atoms with E-state index in [4.69, 9.17) is 18.6 Å². The quantitative estimate of drug-likeness (QED) is 0.251. The van der Waals surface area contributed by atoms with Crippen molar-refractivity contribution in [3.05, 3.63) is 89.0 Å². The highest BCUT2D eigenvalue weighted by atomic mass is 28.4. The van der Waals surface area contributed by atoms with E-state index in [0.29, 0.717) is 29.2 Å². The van der Waals surface area contributed by atoms with Crippen LogP contribution in [0.1, 0.15) is 27.0 Å². The van der Waals surface area contributed by atoms with Crippen molar-refractivity contribution >= 4 is 19.3 Å². The van der Waals surface area contributed by atoms with Crippen LogP contribution in [0, 0.1) is 6.92 Å². The van der Waals surface area contributed by atoms with Crippen LogP contribution in [-0.4, -0.2) is 35.1 Å². The second kappa shape index (κ2) is 10.6. The van der Waals surface area contributed by atoms with E-state index in [0.717, 1.165) is 10.8 Å². The van der Waals surface area contributed by atoms with E-state index in [-0.39, 0.29) is 12.6 Å². The molecule has 0 aliphatic rings. The molecule has 168 valence electrons. The predicted octanol–water partition coefficient (Wildman–Crippen LogP) is 4.85. The molecule has 5 nitrogen and oxygen atoms in total. The van der Waals surface area contributed by atoms with Crippen LogP contribution in [0.15, 0.2) is 66.7 Å². The van der Waals surface area contributed by atoms with Crippen LogP contribution in [0.4, 0.5) is 0 Å². The zero-order chi connectivity index (χ0) is 23.1. The molecule has 0 unspecified atom stereocenters. The zero-order valence-corrected chi connectivity index (χ0v) is 20.3. The van der Waals surface area contributed by atoms with Gasteiger partial charge in [0, 0.05) is 12.7 Å². The van der Waals surface area contributed by atoms with Gasteiger partial charge in [0.1, 0.15) is 11.5 Å². The SMILES string of the molecule is COCOc1ccc([Si](C)(C)OCc2ccc(C)cc2)cc1C(=O)c1ccc(OC)cc1. The number of carbonyl (C=O) groups is 1. The number of aryl methyl sites for hydroxylation is 1. The Morgan fingerprint density at radius 1 is 0.906 bits per heavy atom. The lowest BCUT2D eigenvalue weighted by molar-refractivity contribution is 0.0503. The molecule has 0 saturated carbocycles. The number of carbonyl (C=O) groups excluding carboxylic acids is 1. The lowest BCUT2D eigenvalue weighted by atomic mass is 10.0. The van der Waals surface area contributed by atoms with Gasteiger partial charge in [0.05, 0.1) is 19.3 Å². The molecule has 0 bridgehead atoms. The van der Waals surface area contributed by atoms with E-state index in [1.807, 2.05) is 18.2 Å². The summed E-state index contributed by atoms with van der Waals surface area (Å²) in [6.45, 7) is 6.93. The first-order valence-electron chi connectivity index (χ1n) is 10.5. The van der Waals surface area contributed by atoms with Gasteiger partial charge in [-0.1, -0.05) is 35.9 Å². The molecule has 0 aromatic heterocycles. The maximum Gasteiger partial charge on any atom is 0.218 e. The van der Waals surface area contributed by atoms with Crippen LogP contribution < -0.4 is 14.7 Å². The van der Waals surface area contributed by atoms with Gasteiger partial charge in [-0.05, 0) is 67.2 Å². The first-order valence-corrected chi connectivity index (χ1v) is 13.4. The maximum absolute atomic E-state index is 13.3. The van der Waals surface area contributed by atoms with Crippen LogP contribution in [0.3, 0.4) is 0 Å². The molecule has 3 rings (SSSR count). The van der Waals surface area contributed by atoms with Crippen molar-refractivity contribution in [2.75, 3.05) is 21.0 Å². The standard InChI is InChI=1S/C26H30O5Si/c1-19-6-8-20(9-7-19)17-31-32(4,5)23-14-15-25(30-18-28-2)24(16-23)26(27)21-10-12-22(29-3)13-11-21/h6-16H,17-18H2,1-5H3. The Morgan fingerprint density at radius 2 is 1.59 bits per heavy atom. The van der Waals surface area contributed by atoms with Crippen LogP contribution >= 0.6 is 0 Å². The Hall–Kier alpha value is -2.93. The number of ether oxygens (including phenoxy) is 3. The monoisotopic (exact) mass is 450 g/mol. The average molecular weight is 451 g/mol. The molecule has 0 amide bonds. The summed E-state index contributed by atoms with van der Waals surface area (Å²) in [4.78, 5) is 13.3. The summed E-state index contributed by atoms with van der Waals surface area (Å²) in [5.74, 6) is 1.06. The van der Waals surface area contributed by atoms with Crippen molar-refractivity contribution in [1.29, 1.82) is 0 Å². The minimum atomic E-state index is -2.28. The highest BCUT2D eigenvalue weighted by Gasteiger charge is 2.28. The highest BCUT2D eigenvalue weighted by molar-refractivity contribution is 6.84. The van der Waals surface area contributed by atoms with Gasteiger partial charge in [-0.15, -0.1) is 0 Å². The smallest absolute Gasteiger partial charge is 0.218 e. The number of ketones is 1. The van der Waals surface area contributed by atoms with Gasteiger partial charge in [0.25, 0.3) is 0 Å². The molecule has 0 saturated heterocycles. The van der Waals surface area contributed by atoms with E-state index >= 15 is 0 Å². The van der Waals surface area contributed by atoms with E-state index in [2.05, 4.69) is 44.3 Å². The van der Waals surface area contributed by atoms with Gasteiger partial charge in [0.2, 0.25) is 8.32 Å². The Morgan fingerprint density at radius 3 is 2.22 bits per heavy atom. The molecule has 0 atom stereocenters. The van der Waals surface area contributed by atoms with E-state index in [9.17, 15) is 4.79 Å². The summed E-state index contributed by atoms with van der Waals surface area (Å²) >= 11 is 0. The lowest BCUT2D eigenvalue weighted by Gasteiger charge is -2.25. The molecule has 0 aliphatic heterocycles. The van der Waals surface area contributed by atoms with Gasteiger partial charge in [-0.2, -0.15) is 0 Å². The van der Waals surface area contributed by atoms with Crippen LogP contribution in [0.5, 0.6) is 11.5 Å². The fraction of sp³-hybridized carbons (Fsp3) is 0.269. The second-order valence-electron chi connectivity index (χ2n) is 8.10. The summed E-state index contributed by atoms with van der Waals surface area (Å²) in [5.41, 5.74) is 3.40. The third-order valence-corrected chi connectivity index (χ3v) is 7.89. The molecule has 3 aromatic rings. The van der Waals surface area contributed by atoms with Gasteiger partial charge in [-0.25, -0.2) is 0 Å². The average Bonchev–Trinajstić information content (AvgIpc) is 2.82. The van der Waals surface area contributed by atoms with Crippen LogP contribution in [0.2, 0.25) is 13.1 Å². The third-order valence-electron chi connectivity index (χ3n) is 5.32. The molecule has 0 spiro atoms. The Balaban J connectivity index is 1.89. The van der Waals surface area contributed by atoms with Crippen LogP contribution in [0.25, 0.3) is 0 Å². The first-order chi connectivity index (χ1) is 15.3. The third kappa shape index (κ3) is 5.85. The molecular formula is C26H30O5Si. The lowest BCUT2D eigenvalue weighted by Crippen LogP contribution is -2.44. The van der Waals surface area contributed by atoms with Gasteiger partial charge in [0.15, 0.2) is 12.6 Å². The normalized spacial score (nSPS) is 11.3. The second-order valence-corrected chi connectivity index (χ2v) is 12.0. The van der Waals surface area contributed by atoms with E-state index in [1.165, 1.54) is 5.56 Å². The predicted molar refractivity (Wildman–Crippen MR) is 128 cm³/mol. The Kier molecular flexibility index (Phi) is 7.85. The van der Waals surface area contributed by atoms with Crippen LogP contribution in [-0.2, 0) is 15.8 Å². The van der Waals surface area contributed by atoms with Gasteiger partial charge < -0.3 is 18.6 Å². The molecule has 32 heavy (non-hydrogen) atoms. The van der Waals surface area contributed by atoms with E-state index in [1.54, 1.807) is 38.5 Å². The molecule has 6 heteroatoms. The highest BCUT2D eigenvalue weighted by Crippen LogP contribution is 2.24. The summed E-state index contributed by atoms with van der Waals surface area (Å²) < 4.78 is 22.3. The topological polar surface area (TPSA) is 54.0 Å². The van der Waals surface area contributed by atoms with Crippen molar-refractivity contribution < 1.29 is 23.4 Å². The van der Waals surface area contributed by atoms with Gasteiger partial charge in [-0.3, -0.25) is 4.79 Å². The molecule has 3 aromatic carbocycles. The number of hydrogen-bond donors (Lipinski definition) is 0. The van der Waals surface area contributed by atoms with E-state index < -0.39 is 8.32 Å². The fourth-order valence-corrected chi connectivity index (χ4v) is 4.93. The molecule has 0 N–H and O–H groups in total. The van der Waals surface area contributed by atoms with Crippen molar-refractivity contribution in [1.82, 2.24) is 0 Å². The molecule has 0 heterocycles. The molecule has 0 aliphatic carbocycles. The summed E-state index contributed by atoms with van der Waals surface area (Å²) in [6.07, 6.45) is 0. The zero-order valence-electron chi connectivity index (χ0n) is 19.3. The molecule has 0 fully saturated rings. The maximum atomic E-state index is 13.3. The summed E-state index contributed by atoms with van der Waals surface area (Å²) in [7, 11) is 0.865. The van der Waals surface area contributed by atoms with Crippen molar-refractivity contribution in [2.24, 2.45) is 0 Å². The minimum absolute atomic E-state index is 0.0625. The number of rotatable bonds is 10. The summed E-state index contributed by atoms with van der Waals surface area (Å²) in [6, 6.07) is 21.1. The largest absolute Gasteiger partial charge is 0.497 e. The van der Waals surface area contributed by atoms with Gasteiger partial charge >= 0.3 is 0 Å². The number of hydrogen-bond acceptors (Lipinski definition) is 5. The molecule has 0 radical (unpaired) electrons. The number of benzene rings is 3. The van der Waals surface area contributed by atoms with Crippen molar-refractivity contribution in [2.45, 2.75) is 26.6 Å².